The van der Waals surface area contributed by atoms with Gasteiger partial charge in [-0.25, -0.2) is 8.42 Å². The lowest BCUT2D eigenvalue weighted by molar-refractivity contribution is -0.274. The number of rotatable bonds is 6. The minimum atomic E-state index is -4.82. The van der Waals surface area contributed by atoms with Crippen molar-refractivity contribution in [1.29, 1.82) is 0 Å². The van der Waals surface area contributed by atoms with E-state index in [1.165, 1.54) is 30.3 Å². The summed E-state index contributed by atoms with van der Waals surface area (Å²) < 4.78 is 66.3. The van der Waals surface area contributed by atoms with E-state index in [4.69, 9.17) is 6.42 Å². The lowest BCUT2D eigenvalue weighted by Gasteiger charge is -2.10. The normalized spacial score (nSPS) is 11.5. The zero-order valence-electron chi connectivity index (χ0n) is 13.6. The van der Waals surface area contributed by atoms with Crippen LogP contribution in [0.5, 0.6) is 5.75 Å². The van der Waals surface area contributed by atoms with Gasteiger partial charge in [-0.2, -0.15) is 4.72 Å². The summed E-state index contributed by atoms with van der Waals surface area (Å²) >= 11 is 0. The van der Waals surface area contributed by atoms with Crippen molar-refractivity contribution in [3.63, 3.8) is 0 Å². The molecule has 2 rings (SSSR count). The standard InChI is InChI=1S/C17H13F3N2O4S/c1-2-10-21-27(24,25)15-5-3-4-12(11-15)16(23)22-13-6-8-14(9-7-13)26-17(18,19)20/h1,3-9,11,21H,10H2,(H,22,23). The molecule has 2 aromatic carbocycles. The first-order chi connectivity index (χ1) is 12.6. The van der Waals surface area contributed by atoms with Crippen molar-refractivity contribution in [3.05, 3.63) is 54.1 Å². The Labute approximate surface area is 153 Å². The van der Waals surface area contributed by atoms with E-state index in [-0.39, 0.29) is 22.7 Å². The number of carbonyl (C=O) groups is 1. The molecule has 0 atom stereocenters. The van der Waals surface area contributed by atoms with Gasteiger partial charge in [-0.1, -0.05) is 12.0 Å². The Balaban J connectivity index is 2.12. The SMILES string of the molecule is C#CCNS(=O)(=O)c1cccc(C(=O)Nc2ccc(OC(F)(F)F)cc2)c1. The maximum Gasteiger partial charge on any atom is 0.573 e. The molecule has 0 saturated carbocycles. The number of hydrogen-bond donors (Lipinski definition) is 2. The fourth-order valence-electron chi connectivity index (χ4n) is 1.97. The largest absolute Gasteiger partial charge is 0.573 e. The Hall–Kier alpha value is -3.03. The molecule has 0 aliphatic carbocycles. The topological polar surface area (TPSA) is 84.5 Å². The summed E-state index contributed by atoms with van der Waals surface area (Å²) in [7, 11) is -3.87. The van der Waals surface area contributed by atoms with Crippen molar-refractivity contribution >= 4 is 21.6 Å². The van der Waals surface area contributed by atoms with Gasteiger partial charge in [0.25, 0.3) is 5.91 Å². The molecule has 0 aliphatic rings. The number of nitrogens with one attached hydrogen (secondary N) is 2. The molecule has 0 bridgehead atoms. The summed E-state index contributed by atoms with van der Waals surface area (Å²) in [6.07, 6.45) is 0.195. The first kappa shape index (κ1) is 20.3. The number of sulfonamides is 1. The van der Waals surface area contributed by atoms with Gasteiger partial charge in [0, 0.05) is 11.3 Å². The minimum absolute atomic E-state index is 0.0363. The highest BCUT2D eigenvalue weighted by molar-refractivity contribution is 7.89. The van der Waals surface area contributed by atoms with Crippen molar-refractivity contribution in [2.45, 2.75) is 11.3 Å². The van der Waals surface area contributed by atoms with Crippen LogP contribution in [-0.4, -0.2) is 27.2 Å². The Bertz CT molecular complexity index is 965. The van der Waals surface area contributed by atoms with Gasteiger partial charge in [0.15, 0.2) is 0 Å². The van der Waals surface area contributed by atoms with Crippen LogP contribution < -0.4 is 14.8 Å². The average molecular weight is 398 g/mol. The predicted octanol–water partition coefficient (Wildman–Crippen LogP) is 2.75. The molecule has 1 amide bonds. The lowest BCUT2D eigenvalue weighted by Crippen LogP contribution is -2.24. The number of amides is 1. The van der Waals surface area contributed by atoms with Crippen LogP contribution in [0.4, 0.5) is 18.9 Å². The number of terminal acetylenes is 1. The van der Waals surface area contributed by atoms with Gasteiger partial charge in [-0.3, -0.25) is 4.79 Å². The molecular weight excluding hydrogens is 385 g/mol. The van der Waals surface area contributed by atoms with Gasteiger partial charge in [-0.15, -0.1) is 19.6 Å². The number of alkyl halides is 3. The van der Waals surface area contributed by atoms with Crippen molar-refractivity contribution in [1.82, 2.24) is 4.72 Å². The highest BCUT2D eigenvalue weighted by Gasteiger charge is 2.31. The molecule has 6 nitrogen and oxygen atoms in total. The average Bonchev–Trinajstić information content (AvgIpc) is 2.60. The molecule has 0 unspecified atom stereocenters. The smallest absolute Gasteiger partial charge is 0.406 e. The zero-order chi connectivity index (χ0) is 20.1. The van der Waals surface area contributed by atoms with Crippen LogP contribution in [0.3, 0.4) is 0 Å². The molecule has 0 saturated heterocycles. The van der Waals surface area contributed by atoms with Crippen molar-refractivity contribution in [3.8, 4) is 18.1 Å². The zero-order valence-corrected chi connectivity index (χ0v) is 14.4. The molecule has 142 valence electrons. The van der Waals surface area contributed by atoms with E-state index in [2.05, 4.69) is 20.7 Å². The molecule has 0 aromatic heterocycles. The Morgan fingerprint density at radius 2 is 1.81 bits per heavy atom. The Morgan fingerprint density at radius 1 is 1.15 bits per heavy atom. The van der Waals surface area contributed by atoms with Crippen LogP contribution in [-0.2, 0) is 10.0 Å². The third-order valence-electron chi connectivity index (χ3n) is 3.12. The predicted molar refractivity (Wildman–Crippen MR) is 91.5 cm³/mol. The van der Waals surface area contributed by atoms with E-state index in [0.717, 1.165) is 18.2 Å². The third kappa shape index (κ3) is 6.02. The third-order valence-corrected chi connectivity index (χ3v) is 4.52. The van der Waals surface area contributed by atoms with E-state index in [0.29, 0.717) is 0 Å². The number of benzene rings is 2. The van der Waals surface area contributed by atoms with E-state index in [9.17, 15) is 26.4 Å². The van der Waals surface area contributed by atoms with E-state index in [1.807, 2.05) is 0 Å². The fraction of sp³-hybridized carbons (Fsp3) is 0.118. The summed E-state index contributed by atoms with van der Waals surface area (Å²) in [5, 5.41) is 2.45. The molecular formula is C17H13F3N2O4S. The van der Waals surface area contributed by atoms with Crippen LogP contribution in [0, 0.1) is 12.3 Å². The second-order valence-electron chi connectivity index (χ2n) is 5.08. The minimum Gasteiger partial charge on any atom is -0.406 e. The quantitative estimate of drug-likeness (QED) is 0.733. The summed E-state index contributed by atoms with van der Waals surface area (Å²) in [6.45, 7) is -0.203. The van der Waals surface area contributed by atoms with E-state index in [1.54, 1.807) is 0 Å². The Kier molecular flexibility index (Phi) is 6.09. The van der Waals surface area contributed by atoms with Gasteiger partial charge in [-0.05, 0) is 42.5 Å². The summed E-state index contributed by atoms with van der Waals surface area (Å²) in [5.41, 5.74) is 0.238. The second kappa shape index (κ2) is 8.11. The molecule has 0 radical (unpaired) electrons. The molecule has 2 aromatic rings. The van der Waals surface area contributed by atoms with Gasteiger partial charge in [0.05, 0.1) is 11.4 Å². The lowest BCUT2D eigenvalue weighted by atomic mass is 10.2. The molecule has 0 heterocycles. The van der Waals surface area contributed by atoms with Gasteiger partial charge in [0.1, 0.15) is 5.75 Å². The molecule has 2 N–H and O–H groups in total. The van der Waals surface area contributed by atoms with Crippen molar-refractivity contribution in [2.75, 3.05) is 11.9 Å². The van der Waals surface area contributed by atoms with Gasteiger partial charge >= 0.3 is 6.36 Å². The number of halogens is 3. The van der Waals surface area contributed by atoms with Crippen LogP contribution in [0.1, 0.15) is 10.4 Å². The second-order valence-corrected chi connectivity index (χ2v) is 6.85. The molecule has 0 fully saturated rings. The number of ether oxygens (including phenoxy) is 1. The van der Waals surface area contributed by atoms with Gasteiger partial charge in [0.2, 0.25) is 10.0 Å². The van der Waals surface area contributed by atoms with Crippen molar-refractivity contribution in [2.24, 2.45) is 0 Å². The van der Waals surface area contributed by atoms with Crippen LogP contribution in [0.2, 0.25) is 0 Å². The highest BCUT2D eigenvalue weighted by Crippen LogP contribution is 2.24. The Morgan fingerprint density at radius 3 is 2.41 bits per heavy atom. The molecule has 0 spiro atoms. The molecule has 0 aliphatic heterocycles. The monoisotopic (exact) mass is 398 g/mol. The first-order valence-electron chi connectivity index (χ1n) is 7.31. The molecule has 27 heavy (non-hydrogen) atoms. The molecule has 10 heteroatoms. The number of hydrogen-bond acceptors (Lipinski definition) is 4. The van der Waals surface area contributed by atoms with Crippen molar-refractivity contribution < 1.29 is 31.1 Å². The van der Waals surface area contributed by atoms with Crippen LogP contribution in [0.25, 0.3) is 0 Å². The maximum absolute atomic E-state index is 12.3. The van der Waals surface area contributed by atoms with E-state index < -0.39 is 28.0 Å². The van der Waals surface area contributed by atoms with E-state index >= 15 is 0 Å². The maximum atomic E-state index is 12.3. The van der Waals surface area contributed by atoms with Gasteiger partial charge < -0.3 is 10.1 Å². The summed E-state index contributed by atoms with van der Waals surface area (Å²) in [6, 6.07) is 9.70. The first-order valence-corrected chi connectivity index (χ1v) is 8.79. The number of anilines is 1. The number of carbonyl (C=O) groups excluding carboxylic acids is 1. The van der Waals surface area contributed by atoms with Crippen LogP contribution in [0.15, 0.2) is 53.4 Å². The highest BCUT2D eigenvalue weighted by atomic mass is 32.2. The summed E-state index contributed by atoms with van der Waals surface area (Å²) in [4.78, 5) is 12.1. The van der Waals surface area contributed by atoms with Crippen LogP contribution >= 0.6 is 0 Å². The fourth-order valence-corrected chi connectivity index (χ4v) is 2.95. The summed E-state index contributed by atoms with van der Waals surface area (Å²) in [5.74, 6) is 1.05.